The lowest BCUT2D eigenvalue weighted by molar-refractivity contribution is -0.151. The number of unbranched alkanes of at least 4 members (excludes halogenated alkanes) is 1. The van der Waals surface area contributed by atoms with Crippen LogP contribution in [0.25, 0.3) is 0 Å². The first-order valence-corrected chi connectivity index (χ1v) is 6.44. The smallest absolute Gasteiger partial charge is 0.316 e. The minimum absolute atomic E-state index is 0.0466. The van der Waals surface area contributed by atoms with Crippen LogP contribution in [0, 0.1) is 5.92 Å². The molecule has 0 aliphatic rings. The predicted molar refractivity (Wildman–Crippen MR) is 66.1 cm³/mol. The largest absolute Gasteiger partial charge is 0.481 e. The Morgan fingerprint density at radius 1 is 1.11 bits per heavy atom. The van der Waals surface area contributed by atoms with Gasteiger partial charge in [0, 0.05) is 12.8 Å². The molecule has 18 heavy (non-hydrogen) atoms. The summed E-state index contributed by atoms with van der Waals surface area (Å²) >= 11 is 0. The van der Waals surface area contributed by atoms with Crippen LogP contribution in [-0.4, -0.2) is 29.4 Å². The van der Waals surface area contributed by atoms with Gasteiger partial charge in [0.1, 0.15) is 11.7 Å². The summed E-state index contributed by atoms with van der Waals surface area (Å²) in [5.41, 5.74) is 0. The van der Waals surface area contributed by atoms with Crippen LogP contribution in [0.1, 0.15) is 52.4 Å². The molecule has 5 heteroatoms. The van der Waals surface area contributed by atoms with Crippen molar-refractivity contribution in [3.63, 3.8) is 0 Å². The van der Waals surface area contributed by atoms with Gasteiger partial charge in [0.25, 0.3) is 0 Å². The molecule has 0 aliphatic carbocycles. The maximum absolute atomic E-state index is 11.9. The Morgan fingerprint density at radius 2 is 1.78 bits per heavy atom. The highest BCUT2D eigenvalue weighted by Gasteiger charge is 2.26. The van der Waals surface area contributed by atoms with Crippen LogP contribution in [0.5, 0.6) is 0 Å². The van der Waals surface area contributed by atoms with Crippen molar-refractivity contribution in [2.75, 3.05) is 6.61 Å². The first-order chi connectivity index (χ1) is 8.52. The zero-order valence-electron chi connectivity index (χ0n) is 11.1. The van der Waals surface area contributed by atoms with E-state index < -0.39 is 17.9 Å². The van der Waals surface area contributed by atoms with Gasteiger partial charge in [0.05, 0.1) is 6.61 Å². The third-order valence-corrected chi connectivity index (χ3v) is 2.62. The lowest BCUT2D eigenvalue weighted by atomic mass is 9.94. The lowest BCUT2D eigenvalue weighted by Crippen LogP contribution is -2.26. The maximum atomic E-state index is 11.9. The van der Waals surface area contributed by atoms with E-state index in [0.29, 0.717) is 6.42 Å². The summed E-state index contributed by atoms with van der Waals surface area (Å²) in [7, 11) is 0. The summed E-state index contributed by atoms with van der Waals surface area (Å²) < 4.78 is 4.87. The molecule has 0 saturated carbocycles. The summed E-state index contributed by atoms with van der Waals surface area (Å²) in [6.45, 7) is 3.94. The van der Waals surface area contributed by atoms with E-state index in [4.69, 9.17) is 9.84 Å². The Hall–Kier alpha value is -1.39. The first kappa shape index (κ1) is 16.6. The van der Waals surface area contributed by atoms with E-state index >= 15 is 0 Å². The molecule has 0 fully saturated rings. The number of carboxylic acid groups (broad SMARTS) is 1. The number of esters is 1. The third kappa shape index (κ3) is 7.04. The van der Waals surface area contributed by atoms with Crippen molar-refractivity contribution in [1.29, 1.82) is 0 Å². The van der Waals surface area contributed by atoms with Crippen LogP contribution in [-0.2, 0) is 19.1 Å². The topological polar surface area (TPSA) is 80.7 Å². The highest BCUT2D eigenvalue weighted by molar-refractivity contribution is 5.99. The molecular formula is C13H22O5. The van der Waals surface area contributed by atoms with Crippen molar-refractivity contribution in [2.45, 2.75) is 52.4 Å². The van der Waals surface area contributed by atoms with Crippen LogP contribution in [0.3, 0.4) is 0 Å². The minimum atomic E-state index is -0.927. The lowest BCUT2D eigenvalue weighted by Gasteiger charge is -2.13. The molecule has 0 aliphatic heterocycles. The molecule has 0 radical (unpaired) electrons. The van der Waals surface area contributed by atoms with Crippen molar-refractivity contribution in [1.82, 2.24) is 0 Å². The molecule has 0 amide bonds. The molecule has 0 rings (SSSR count). The molecule has 0 bridgehead atoms. The maximum Gasteiger partial charge on any atom is 0.316 e. The molecule has 1 unspecified atom stereocenters. The standard InChI is InChI=1S/C13H22O5/c1-3-5-7-10(13(17)18-4-2)11(14)8-6-9-12(15)16/h10H,3-9H2,1-2H3,(H,15,16). The van der Waals surface area contributed by atoms with E-state index in [9.17, 15) is 14.4 Å². The molecule has 0 spiro atoms. The first-order valence-electron chi connectivity index (χ1n) is 6.44. The SMILES string of the molecule is CCCCC(C(=O)CCCC(=O)O)C(=O)OCC. The number of hydrogen-bond donors (Lipinski definition) is 1. The van der Waals surface area contributed by atoms with Crippen LogP contribution >= 0.6 is 0 Å². The molecule has 0 heterocycles. The molecule has 0 aromatic rings. The fourth-order valence-corrected chi connectivity index (χ4v) is 1.65. The van der Waals surface area contributed by atoms with Gasteiger partial charge >= 0.3 is 11.9 Å². The van der Waals surface area contributed by atoms with E-state index in [1.54, 1.807) is 6.92 Å². The monoisotopic (exact) mass is 258 g/mol. The number of hydrogen-bond acceptors (Lipinski definition) is 4. The van der Waals surface area contributed by atoms with Gasteiger partial charge in [-0.2, -0.15) is 0 Å². The van der Waals surface area contributed by atoms with Gasteiger partial charge in [-0.3, -0.25) is 14.4 Å². The molecule has 1 atom stereocenters. The average molecular weight is 258 g/mol. The Morgan fingerprint density at radius 3 is 2.28 bits per heavy atom. The highest BCUT2D eigenvalue weighted by Crippen LogP contribution is 2.15. The molecule has 0 aromatic heterocycles. The third-order valence-electron chi connectivity index (χ3n) is 2.62. The van der Waals surface area contributed by atoms with Crippen LogP contribution in [0.4, 0.5) is 0 Å². The second-order valence-electron chi connectivity index (χ2n) is 4.16. The molecule has 5 nitrogen and oxygen atoms in total. The summed E-state index contributed by atoms with van der Waals surface area (Å²) in [4.78, 5) is 33.8. The number of ketones is 1. The number of carbonyl (C=O) groups is 3. The zero-order chi connectivity index (χ0) is 14.0. The number of ether oxygens (including phenoxy) is 1. The second kappa shape index (κ2) is 9.62. The van der Waals surface area contributed by atoms with Crippen molar-refractivity contribution >= 4 is 17.7 Å². The number of Topliss-reactive ketones (excluding diaryl/α,β-unsaturated/α-hetero) is 1. The average Bonchev–Trinajstić information content (AvgIpc) is 2.29. The molecule has 1 N–H and O–H groups in total. The summed E-state index contributed by atoms with van der Waals surface area (Å²) in [6.07, 6.45) is 2.53. The Kier molecular flexibility index (Phi) is 8.88. The summed E-state index contributed by atoms with van der Waals surface area (Å²) in [5, 5.41) is 8.50. The normalized spacial score (nSPS) is 11.9. The van der Waals surface area contributed by atoms with Crippen molar-refractivity contribution in [3.8, 4) is 0 Å². The second-order valence-corrected chi connectivity index (χ2v) is 4.16. The van der Waals surface area contributed by atoms with Crippen molar-refractivity contribution in [3.05, 3.63) is 0 Å². The highest BCUT2D eigenvalue weighted by atomic mass is 16.5. The number of carbonyl (C=O) groups excluding carboxylic acids is 2. The Bertz CT molecular complexity index is 285. The van der Waals surface area contributed by atoms with Gasteiger partial charge in [-0.25, -0.2) is 0 Å². The van der Waals surface area contributed by atoms with Crippen LogP contribution in [0.15, 0.2) is 0 Å². The van der Waals surface area contributed by atoms with Gasteiger partial charge in [0.2, 0.25) is 0 Å². The van der Waals surface area contributed by atoms with Gasteiger partial charge in [0.15, 0.2) is 0 Å². The Labute approximate surface area is 108 Å². The molecule has 0 saturated heterocycles. The number of aliphatic carboxylic acids is 1. The zero-order valence-corrected chi connectivity index (χ0v) is 11.1. The predicted octanol–water partition coefficient (Wildman–Crippen LogP) is 2.18. The van der Waals surface area contributed by atoms with Crippen LogP contribution < -0.4 is 0 Å². The summed E-state index contributed by atoms with van der Waals surface area (Å²) in [5.74, 6) is -2.34. The van der Waals surface area contributed by atoms with Crippen molar-refractivity contribution < 1.29 is 24.2 Å². The number of carboxylic acids is 1. The van der Waals surface area contributed by atoms with Crippen molar-refractivity contribution in [2.24, 2.45) is 5.92 Å². The van der Waals surface area contributed by atoms with E-state index in [1.807, 2.05) is 6.92 Å². The fourth-order valence-electron chi connectivity index (χ4n) is 1.65. The Balaban J connectivity index is 4.30. The van der Waals surface area contributed by atoms with Crippen LogP contribution in [0.2, 0.25) is 0 Å². The fraction of sp³-hybridized carbons (Fsp3) is 0.769. The van der Waals surface area contributed by atoms with Gasteiger partial charge in [-0.05, 0) is 19.8 Å². The molecular weight excluding hydrogens is 236 g/mol. The van der Waals surface area contributed by atoms with Gasteiger partial charge < -0.3 is 9.84 Å². The van der Waals surface area contributed by atoms with E-state index in [0.717, 1.165) is 12.8 Å². The van der Waals surface area contributed by atoms with E-state index in [1.165, 1.54) is 0 Å². The van der Waals surface area contributed by atoms with E-state index in [-0.39, 0.29) is 31.7 Å². The minimum Gasteiger partial charge on any atom is -0.481 e. The van der Waals surface area contributed by atoms with Gasteiger partial charge in [-0.15, -0.1) is 0 Å². The quantitative estimate of drug-likeness (QED) is 0.480. The van der Waals surface area contributed by atoms with E-state index in [2.05, 4.69) is 0 Å². The summed E-state index contributed by atoms with van der Waals surface area (Å²) in [6, 6.07) is 0. The molecule has 104 valence electrons. The van der Waals surface area contributed by atoms with Gasteiger partial charge in [-0.1, -0.05) is 19.8 Å². The molecule has 0 aromatic carbocycles. The number of rotatable bonds is 10.